The number of hydrogen-bond donors (Lipinski definition) is 1. The molecule has 0 amide bonds. The van der Waals surface area contributed by atoms with Gasteiger partial charge in [0.1, 0.15) is 10.7 Å². The Morgan fingerprint density at radius 3 is 2.58 bits per heavy atom. The minimum absolute atomic E-state index is 0.00333. The van der Waals surface area contributed by atoms with Crippen molar-refractivity contribution in [3.63, 3.8) is 0 Å². The second-order valence-corrected chi connectivity index (χ2v) is 4.76. The largest absolute Gasteiger partial charge is 0.434 e. The number of hydrogen-bond acceptors (Lipinski definition) is 4. The van der Waals surface area contributed by atoms with Crippen molar-refractivity contribution in [1.29, 1.82) is 0 Å². The van der Waals surface area contributed by atoms with E-state index in [-0.39, 0.29) is 16.6 Å². The molecule has 0 atom stereocenters. The lowest BCUT2D eigenvalue weighted by Crippen LogP contribution is -2.11. The van der Waals surface area contributed by atoms with Crippen LogP contribution in [0.15, 0.2) is 29.0 Å². The van der Waals surface area contributed by atoms with Crippen LogP contribution in [0.5, 0.6) is 11.6 Å². The lowest BCUT2D eigenvalue weighted by atomic mass is 10.3. The summed E-state index contributed by atoms with van der Waals surface area (Å²) < 4.78 is 32.1. The first-order chi connectivity index (χ1) is 8.97. The van der Waals surface area contributed by atoms with Gasteiger partial charge in [-0.1, -0.05) is 28.1 Å². The lowest BCUT2D eigenvalue weighted by Gasteiger charge is -2.07. The number of thiocarbonyl (C=S) groups is 1. The fourth-order valence-electron chi connectivity index (χ4n) is 1.22. The van der Waals surface area contributed by atoms with Crippen LogP contribution in [0.3, 0.4) is 0 Å². The zero-order chi connectivity index (χ0) is 14.0. The summed E-state index contributed by atoms with van der Waals surface area (Å²) in [5.41, 5.74) is 5.66. The molecule has 98 valence electrons. The Labute approximate surface area is 120 Å². The van der Waals surface area contributed by atoms with Gasteiger partial charge in [-0.15, -0.1) is 0 Å². The molecule has 0 aliphatic carbocycles. The number of benzene rings is 1. The molecule has 2 rings (SSSR count). The number of aromatic nitrogens is 2. The van der Waals surface area contributed by atoms with Gasteiger partial charge in [0.25, 0.3) is 0 Å². The molecule has 1 aromatic carbocycles. The Bertz CT molecular complexity index is 637. The van der Waals surface area contributed by atoms with E-state index in [0.29, 0.717) is 10.2 Å². The number of nitrogens with two attached hydrogens (primary N) is 1. The van der Waals surface area contributed by atoms with Crippen LogP contribution in [0, 0.1) is 11.6 Å². The molecule has 0 spiro atoms. The van der Waals surface area contributed by atoms with E-state index in [1.807, 2.05) is 0 Å². The van der Waals surface area contributed by atoms with Crippen LogP contribution in [0.25, 0.3) is 0 Å². The van der Waals surface area contributed by atoms with Gasteiger partial charge < -0.3 is 10.5 Å². The zero-order valence-electron chi connectivity index (χ0n) is 9.23. The van der Waals surface area contributed by atoms with Gasteiger partial charge in [0.15, 0.2) is 11.6 Å². The Balaban J connectivity index is 2.28. The van der Waals surface area contributed by atoms with Crippen molar-refractivity contribution >= 4 is 33.1 Å². The van der Waals surface area contributed by atoms with Crippen LogP contribution in [0.4, 0.5) is 8.78 Å². The minimum atomic E-state index is -1.11. The fraction of sp³-hybridized carbons (Fsp3) is 0. The quantitative estimate of drug-likeness (QED) is 0.684. The Morgan fingerprint density at radius 1 is 1.26 bits per heavy atom. The maximum atomic E-state index is 13.5. The Hall–Kier alpha value is -1.67. The summed E-state index contributed by atoms with van der Waals surface area (Å²) in [5, 5.41) is 0. The van der Waals surface area contributed by atoms with E-state index in [1.54, 1.807) is 0 Å². The molecule has 0 fully saturated rings. The highest BCUT2D eigenvalue weighted by atomic mass is 79.9. The molecule has 0 saturated heterocycles. The molecule has 0 aliphatic rings. The summed E-state index contributed by atoms with van der Waals surface area (Å²) in [5.74, 6) is -2.44. The van der Waals surface area contributed by atoms with Gasteiger partial charge in [0.2, 0.25) is 11.7 Å². The molecule has 1 heterocycles. The molecule has 0 bridgehead atoms. The van der Waals surface area contributed by atoms with Crippen LogP contribution in [-0.2, 0) is 0 Å². The van der Waals surface area contributed by atoms with Crippen molar-refractivity contribution in [2.45, 2.75) is 0 Å². The molecule has 0 aliphatic heterocycles. The standard InChI is InChI=1S/C11H6BrF2N3OS/c12-5-1-6(13)10(14)8(2-5)18-9-4-16-7(3-17-9)11(15)19/h1-4H,(H2,15,19). The summed E-state index contributed by atoms with van der Waals surface area (Å²) in [6.45, 7) is 0. The van der Waals surface area contributed by atoms with E-state index < -0.39 is 11.6 Å². The van der Waals surface area contributed by atoms with Gasteiger partial charge >= 0.3 is 0 Å². The van der Waals surface area contributed by atoms with Crippen LogP contribution in [0.2, 0.25) is 0 Å². The summed E-state index contributed by atoms with van der Waals surface area (Å²) in [6, 6.07) is 2.27. The van der Waals surface area contributed by atoms with E-state index in [9.17, 15) is 8.78 Å². The van der Waals surface area contributed by atoms with Crippen molar-refractivity contribution in [3.05, 3.63) is 46.3 Å². The maximum Gasteiger partial charge on any atom is 0.238 e. The van der Waals surface area contributed by atoms with Gasteiger partial charge in [-0.25, -0.2) is 14.4 Å². The predicted molar refractivity (Wildman–Crippen MR) is 72.1 cm³/mol. The number of halogens is 3. The number of rotatable bonds is 3. The van der Waals surface area contributed by atoms with Crippen molar-refractivity contribution < 1.29 is 13.5 Å². The third kappa shape index (κ3) is 3.21. The maximum absolute atomic E-state index is 13.5. The first kappa shape index (κ1) is 13.8. The molecule has 19 heavy (non-hydrogen) atoms. The second kappa shape index (κ2) is 5.54. The highest BCUT2D eigenvalue weighted by molar-refractivity contribution is 9.10. The van der Waals surface area contributed by atoms with E-state index >= 15 is 0 Å². The minimum Gasteiger partial charge on any atom is -0.434 e. The molecule has 2 N–H and O–H groups in total. The van der Waals surface area contributed by atoms with Crippen molar-refractivity contribution in [2.24, 2.45) is 5.73 Å². The van der Waals surface area contributed by atoms with E-state index in [0.717, 1.165) is 6.07 Å². The number of ether oxygens (including phenoxy) is 1. The van der Waals surface area contributed by atoms with E-state index in [2.05, 4.69) is 25.9 Å². The highest BCUT2D eigenvalue weighted by Gasteiger charge is 2.13. The molecular formula is C11H6BrF2N3OS. The SMILES string of the molecule is NC(=S)c1cnc(Oc2cc(Br)cc(F)c2F)cn1. The summed E-state index contributed by atoms with van der Waals surface area (Å²) in [7, 11) is 0. The predicted octanol–water partition coefficient (Wildman–Crippen LogP) is 2.94. The van der Waals surface area contributed by atoms with Crippen LogP contribution in [0.1, 0.15) is 5.69 Å². The third-order valence-electron chi connectivity index (χ3n) is 2.05. The fourth-order valence-corrected chi connectivity index (χ4v) is 1.73. The van der Waals surface area contributed by atoms with E-state index in [4.69, 9.17) is 22.7 Å². The third-order valence-corrected chi connectivity index (χ3v) is 2.72. The highest BCUT2D eigenvalue weighted by Crippen LogP contribution is 2.28. The lowest BCUT2D eigenvalue weighted by molar-refractivity contribution is 0.403. The van der Waals surface area contributed by atoms with Crippen LogP contribution in [-0.4, -0.2) is 15.0 Å². The van der Waals surface area contributed by atoms with Crippen LogP contribution < -0.4 is 10.5 Å². The van der Waals surface area contributed by atoms with E-state index in [1.165, 1.54) is 18.5 Å². The molecular weight excluding hydrogens is 340 g/mol. The zero-order valence-corrected chi connectivity index (χ0v) is 11.6. The Kier molecular flexibility index (Phi) is 4.01. The summed E-state index contributed by atoms with van der Waals surface area (Å²) in [6.07, 6.45) is 2.50. The Morgan fingerprint density at radius 2 is 2.00 bits per heavy atom. The molecule has 1 aromatic heterocycles. The molecule has 0 saturated carbocycles. The molecule has 8 heteroatoms. The second-order valence-electron chi connectivity index (χ2n) is 3.41. The van der Waals surface area contributed by atoms with Crippen molar-refractivity contribution in [1.82, 2.24) is 9.97 Å². The monoisotopic (exact) mass is 345 g/mol. The molecule has 2 aromatic rings. The van der Waals surface area contributed by atoms with Gasteiger partial charge in [-0.3, -0.25) is 0 Å². The van der Waals surface area contributed by atoms with Crippen molar-refractivity contribution in [2.75, 3.05) is 0 Å². The topological polar surface area (TPSA) is 61.0 Å². The van der Waals surface area contributed by atoms with Gasteiger partial charge in [-0.05, 0) is 12.1 Å². The van der Waals surface area contributed by atoms with Crippen molar-refractivity contribution in [3.8, 4) is 11.6 Å². The summed E-state index contributed by atoms with van der Waals surface area (Å²) in [4.78, 5) is 7.79. The first-order valence-electron chi connectivity index (χ1n) is 4.91. The summed E-state index contributed by atoms with van der Waals surface area (Å²) >= 11 is 7.74. The average Bonchev–Trinajstić information content (AvgIpc) is 2.36. The molecule has 0 unspecified atom stereocenters. The van der Waals surface area contributed by atoms with Gasteiger partial charge in [-0.2, -0.15) is 4.39 Å². The molecule has 4 nitrogen and oxygen atoms in total. The average molecular weight is 346 g/mol. The number of nitrogens with zero attached hydrogens (tertiary/aromatic N) is 2. The normalized spacial score (nSPS) is 10.3. The first-order valence-corrected chi connectivity index (χ1v) is 6.11. The molecule has 0 radical (unpaired) electrons. The smallest absolute Gasteiger partial charge is 0.238 e. The van der Waals surface area contributed by atoms with Crippen LogP contribution >= 0.6 is 28.1 Å². The van der Waals surface area contributed by atoms with Gasteiger partial charge in [0.05, 0.1) is 12.4 Å². The van der Waals surface area contributed by atoms with Gasteiger partial charge in [0, 0.05) is 4.47 Å².